The van der Waals surface area contributed by atoms with E-state index in [2.05, 4.69) is 16.0 Å². The van der Waals surface area contributed by atoms with Gasteiger partial charge in [-0.05, 0) is 61.9 Å². The lowest BCUT2D eigenvalue weighted by Crippen LogP contribution is -2.54. The van der Waals surface area contributed by atoms with Crippen LogP contribution in [0.15, 0.2) is 54.6 Å². The minimum atomic E-state index is -1.08. The van der Waals surface area contributed by atoms with Crippen molar-refractivity contribution in [1.82, 2.24) is 20.9 Å². The Hall–Kier alpha value is -3.79. The Balaban J connectivity index is 1.49. The zero-order valence-corrected chi connectivity index (χ0v) is 21.8. The van der Waals surface area contributed by atoms with Crippen LogP contribution >= 0.6 is 0 Å². The predicted molar refractivity (Wildman–Crippen MR) is 142 cm³/mol. The highest BCUT2D eigenvalue weighted by Gasteiger charge is 2.38. The number of carbonyl (C=O) groups is 4. The number of nitrogens with zero attached hydrogens (tertiary/aromatic N) is 1. The molecule has 0 bridgehead atoms. The fourth-order valence-electron chi connectivity index (χ4n) is 5.30. The first-order chi connectivity index (χ1) is 18.8. The van der Waals surface area contributed by atoms with Crippen molar-refractivity contribution >= 4 is 23.7 Å². The van der Waals surface area contributed by atoms with Crippen LogP contribution in [0.2, 0.25) is 0 Å². The summed E-state index contributed by atoms with van der Waals surface area (Å²) in [6.45, 7) is 1.05. The lowest BCUT2D eigenvalue weighted by atomic mass is 10.0. The highest BCUT2D eigenvalue weighted by atomic mass is 19.1. The molecule has 0 spiro atoms. The first-order valence-corrected chi connectivity index (χ1v) is 13.4. The third-order valence-electron chi connectivity index (χ3n) is 7.29. The normalized spacial score (nSPS) is 20.3. The van der Waals surface area contributed by atoms with E-state index in [4.69, 9.17) is 0 Å². The predicted octanol–water partition coefficient (Wildman–Crippen LogP) is 1.80. The number of nitrogens with one attached hydrogen (secondary N) is 3. The molecule has 4 atom stereocenters. The second-order valence-corrected chi connectivity index (χ2v) is 10.2. The number of hydrogen-bond acceptors (Lipinski definition) is 5. The van der Waals surface area contributed by atoms with E-state index in [-0.39, 0.29) is 31.3 Å². The summed E-state index contributed by atoms with van der Waals surface area (Å²) in [5.41, 5.74) is 1.58. The summed E-state index contributed by atoms with van der Waals surface area (Å²) in [7, 11) is 0. The largest absolute Gasteiger partial charge is 0.480 e. The average Bonchev–Trinajstić information content (AvgIpc) is 3.63. The second kappa shape index (κ2) is 13.3. The van der Waals surface area contributed by atoms with E-state index >= 15 is 0 Å². The summed E-state index contributed by atoms with van der Waals surface area (Å²) in [5, 5.41) is 18.5. The van der Waals surface area contributed by atoms with E-state index in [1.807, 2.05) is 30.3 Å². The lowest BCUT2D eigenvalue weighted by molar-refractivity contribution is -0.149. The van der Waals surface area contributed by atoms with E-state index in [1.165, 1.54) is 29.2 Å². The molecule has 0 aromatic heterocycles. The van der Waals surface area contributed by atoms with Gasteiger partial charge in [0.1, 0.15) is 17.9 Å². The first-order valence-electron chi connectivity index (χ1n) is 13.4. The molecule has 4 rings (SSSR count). The summed E-state index contributed by atoms with van der Waals surface area (Å²) in [4.78, 5) is 52.7. The molecule has 2 aromatic carbocycles. The number of benzene rings is 2. The van der Waals surface area contributed by atoms with Gasteiger partial charge in [0.25, 0.3) is 0 Å². The number of halogens is 1. The molecule has 2 saturated heterocycles. The number of carbonyl (C=O) groups excluding carboxylic acids is 3. The van der Waals surface area contributed by atoms with E-state index in [1.54, 1.807) is 0 Å². The maximum Gasteiger partial charge on any atom is 0.326 e. The smallest absolute Gasteiger partial charge is 0.326 e. The molecule has 0 radical (unpaired) electrons. The Morgan fingerprint density at radius 2 is 1.67 bits per heavy atom. The molecule has 10 heteroatoms. The number of aliphatic carboxylic acids is 1. The van der Waals surface area contributed by atoms with Gasteiger partial charge in [0.2, 0.25) is 17.7 Å². The number of amides is 3. The minimum Gasteiger partial charge on any atom is -0.480 e. The molecule has 0 unspecified atom stereocenters. The summed E-state index contributed by atoms with van der Waals surface area (Å²) in [5.74, 6) is -2.61. The topological polar surface area (TPSA) is 128 Å². The summed E-state index contributed by atoms with van der Waals surface area (Å²) >= 11 is 0. The van der Waals surface area contributed by atoms with Crippen LogP contribution in [0.25, 0.3) is 0 Å². The van der Waals surface area contributed by atoms with E-state index in [0.29, 0.717) is 24.8 Å². The van der Waals surface area contributed by atoms with E-state index in [9.17, 15) is 28.7 Å². The van der Waals surface area contributed by atoms with Gasteiger partial charge in [-0.3, -0.25) is 14.4 Å². The van der Waals surface area contributed by atoms with Crippen molar-refractivity contribution in [2.45, 2.75) is 69.1 Å². The van der Waals surface area contributed by atoms with Gasteiger partial charge in [-0.2, -0.15) is 0 Å². The zero-order valence-electron chi connectivity index (χ0n) is 21.8. The SMILES string of the molecule is O=C(C[C@H](Cc1ccccc1)NC(=O)[C@@H]1CCCN1)N[C@@H](Cc1ccc(F)cc1)C(=O)N1CCC[C@H]1C(=O)O. The summed E-state index contributed by atoms with van der Waals surface area (Å²) < 4.78 is 13.5. The number of likely N-dealkylation sites (tertiary alicyclic amines) is 1. The molecule has 2 aliphatic heterocycles. The van der Waals surface area contributed by atoms with Gasteiger partial charge in [-0.1, -0.05) is 42.5 Å². The van der Waals surface area contributed by atoms with Crippen molar-refractivity contribution in [3.05, 3.63) is 71.5 Å². The van der Waals surface area contributed by atoms with Crippen LogP contribution in [0.5, 0.6) is 0 Å². The molecule has 2 aromatic rings. The average molecular weight is 539 g/mol. The van der Waals surface area contributed by atoms with E-state index in [0.717, 1.165) is 24.9 Å². The molecule has 2 fully saturated rings. The van der Waals surface area contributed by atoms with Crippen LogP contribution in [-0.4, -0.2) is 71.0 Å². The van der Waals surface area contributed by atoms with Crippen LogP contribution in [0.4, 0.5) is 4.39 Å². The van der Waals surface area contributed by atoms with Crippen molar-refractivity contribution in [3.8, 4) is 0 Å². The van der Waals surface area contributed by atoms with Crippen LogP contribution in [0.1, 0.15) is 43.2 Å². The number of carboxylic acid groups (broad SMARTS) is 1. The molecule has 4 N–H and O–H groups in total. The molecule has 0 saturated carbocycles. The number of hydrogen-bond donors (Lipinski definition) is 4. The highest BCUT2D eigenvalue weighted by Crippen LogP contribution is 2.20. The van der Waals surface area contributed by atoms with Crippen LogP contribution in [-0.2, 0) is 32.0 Å². The standard InChI is InChI=1S/C29H35FN4O5/c30-21-12-10-20(11-13-21)17-24(28(37)34-15-5-9-25(34)29(38)39)33-26(35)18-22(16-19-6-2-1-3-7-19)32-27(36)23-8-4-14-31-23/h1-3,6-7,10-13,22-25,31H,4-5,8-9,14-18H2,(H,32,36)(H,33,35)(H,38,39)/t22-,23-,24-,25-/m0/s1. The number of carboxylic acids is 1. The molecule has 0 aliphatic carbocycles. The van der Waals surface area contributed by atoms with Crippen LogP contribution in [0, 0.1) is 5.82 Å². The van der Waals surface area contributed by atoms with Crippen molar-refractivity contribution in [3.63, 3.8) is 0 Å². The van der Waals surface area contributed by atoms with Crippen LogP contribution in [0.3, 0.4) is 0 Å². The fourth-order valence-corrected chi connectivity index (χ4v) is 5.30. The zero-order chi connectivity index (χ0) is 27.8. The van der Waals surface area contributed by atoms with Gasteiger partial charge in [-0.15, -0.1) is 0 Å². The molecule has 9 nitrogen and oxygen atoms in total. The van der Waals surface area contributed by atoms with Gasteiger partial charge in [0.05, 0.1) is 6.04 Å². The Morgan fingerprint density at radius 3 is 2.33 bits per heavy atom. The number of rotatable bonds is 11. The van der Waals surface area contributed by atoms with Gasteiger partial charge >= 0.3 is 5.97 Å². The van der Waals surface area contributed by atoms with Crippen molar-refractivity contribution < 1.29 is 28.7 Å². The highest BCUT2D eigenvalue weighted by molar-refractivity contribution is 5.91. The van der Waals surface area contributed by atoms with Gasteiger partial charge in [0.15, 0.2) is 0 Å². The Morgan fingerprint density at radius 1 is 0.949 bits per heavy atom. The lowest BCUT2D eigenvalue weighted by Gasteiger charge is -2.28. The molecule has 2 aliphatic rings. The second-order valence-electron chi connectivity index (χ2n) is 10.2. The minimum absolute atomic E-state index is 0.0666. The summed E-state index contributed by atoms with van der Waals surface area (Å²) in [6.07, 6.45) is 2.97. The quantitative estimate of drug-likeness (QED) is 0.346. The molecule has 39 heavy (non-hydrogen) atoms. The van der Waals surface area contributed by atoms with Crippen LogP contribution < -0.4 is 16.0 Å². The molecule has 2 heterocycles. The maximum atomic E-state index is 13.5. The molecular formula is C29H35FN4O5. The first kappa shape index (κ1) is 28.2. The maximum absolute atomic E-state index is 13.5. The monoisotopic (exact) mass is 538 g/mol. The molecule has 208 valence electrons. The van der Waals surface area contributed by atoms with Gasteiger partial charge in [0, 0.05) is 25.4 Å². The Bertz CT molecular complexity index is 1150. The molecule has 3 amide bonds. The van der Waals surface area contributed by atoms with Crippen molar-refractivity contribution in [2.24, 2.45) is 0 Å². The fraction of sp³-hybridized carbons (Fsp3) is 0.448. The summed E-state index contributed by atoms with van der Waals surface area (Å²) in [6, 6.07) is 12.3. The van der Waals surface area contributed by atoms with Crippen molar-refractivity contribution in [2.75, 3.05) is 13.1 Å². The van der Waals surface area contributed by atoms with Crippen molar-refractivity contribution in [1.29, 1.82) is 0 Å². The third-order valence-corrected chi connectivity index (χ3v) is 7.29. The third kappa shape index (κ3) is 7.86. The van der Waals surface area contributed by atoms with Gasteiger partial charge in [-0.25, -0.2) is 9.18 Å². The molecular weight excluding hydrogens is 503 g/mol. The Kier molecular flexibility index (Phi) is 9.64. The van der Waals surface area contributed by atoms with Gasteiger partial charge < -0.3 is 26.0 Å². The Labute approximate surface area is 227 Å². The van der Waals surface area contributed by atoms with E-state index < -0.39 is 41.7 Å².